The van der Waals surface area contributed by atoms with Gasteiger partial charge in [0.15, 0.2) is 0 Å². The number of anilines is 1. The Hall–Kier alpha value is -2.45. The topological polar surface area (TPSA) is 73.2 Å². The van der Waals surface area contributed by atoms with E-state index in [-0.39, 0.29) is 0 Å². The van der Waals surface area contributed by atoms with E-state index in [2.05, 4.69) is 57.8 Å². The second-order valence-electron chi connectivity index (χ2n) is 6.81. The highest BCUT2D eigenvalue weighted by molar-refractivity contribution is 7.98. The Morgan fingerprint density at radius 2 is 2.00 bits per heavy atom. The van der Waals surface area contributed by atoms with Gasteiger partial charge in [-0.1, -0.05) is 19.1 Å². The Morgan fingerprint density at radius 1 is 1.28 bits per heavy atom. The first kappa shape index (κ1) is 21.3. The van der Waals surface area contributed by atoms with E-state index in [9.17, 15) is 5.21 Å². The second-order valence-corrected chi connectivity index (χ2v) is 7.66. The van der Waals surface area contributed by atoms with E-state index < -0.39 is 0 Å². The van der Waals surface area contributed by atoms with Crippen molar-refractivity contribution < 1.29 is 9.94 Å². The van der Waals surface area contributed by atoms with Crippen molar-refractivity contribution in [3.05, 3.63) is 41.6 Å². The van der Waals surface area contributed by atoms with Crippen molar-refractivity contribution >= 4 is 29.1 Å². The Balaban J connectivity index is 1.79. The zero-order valence-electron chi connectivity index (χ0n) is 17.5. The summed E-state index contributed by atoms with van der Waals surface area (Å²) in [7, 11) is 1.58. The van der Waals surface area contributed by atoms with Crippen molar-refractivity contribution in [1.82, 2.24) is 15.4 Å². The quantitative estimate of drug-likeness (QED) is 0.335. The lowest BCUT2D eigenvalue weighted by Crippen LogP contribution is -2.52. The number of aliphatic imine (C=N–C) groups is 1. The first-order valence-electron chi connectivity index (χ1n) is 9.77. The molecule has 8 heteroatoms. The molecule has 2 N–H and O–H groups in total. The maximum Gasteiger partial charge on any atom is 0.240 e. The smallest absolute Gasteiger partial charge is 0.240 e. The number of benzene rings is 1. The van der Waals surface area contributed by atoms with Gasteiger partial charge in [0, 0.05) is 36.8 Å². The summed E-state index contributed by atoms with van der Waals surface area (Å²) < 4.78 is 5.40. The lowest BCUT2D eigenvalue weighted by Gasteiger charge is -2.37. The van der Waals surface area contributed by atoms with Crippen molar-refractivity contribution in [1.29, 1.82) is 0 Å². The number of ether oxygens (including phenoxy) is 1. The molecule has 29 heavy (non-hydrogen) atoms. The summed E-state index contributed by atoms with van der Waals surface area (Å²) in [5.74, 6) is 0.869. The molecule has 0 unspecified atom stereocenters. The number of para-hydroxylation sites is 1. The molecule has 156 valence electrons. The Kier molecular flexibility index (Phi) is 7.22. The molecular weight excluding hydrogens is 386 g/mol. The Bertz CT molecular complexity index is 866. The minimum atomic E-state index is 0.411. The number of nitrogens with one attached hydrogen (secondary N) is 1. The fraction of sp³-hybridized carbons (Fsp3) is 0.429. The molecule has 0 saturated carbocycles. The number of thioether (sulfide) groups is 1. The Morgan fingerprint density at radius 3 is 2.62 bits per heavy atom. The molecule has 0 radical (unpaired) electrons. The minimum absolute atomic E-state index is 0.411. The molecule has 0 amide bonds. The number of hydroxylamine groups is 1. The van der Waals surface area contributed by atoms with Crippen LogP contribution in [0.3, 0.4) is 0 Å². The van der Waals surface area contributed by atoms with E-state index in [4.69, 9.17) is 4.74 Å². The Labute approximate surface area is 176 Å². The van der Waals surface area contributed by atoms with Gasteiger partial charge in [-0.05, 0) is 43.4 Å². The van der Waals surface area contributed by atoms with Gasteiger partial charge in [0.05, 0.1) is 12.8 Å². The van der Waals surface area contributed by atoms with Crippen LogP contribution < -0.4 is 15.1 Å². The van der Waals surface area contributed by atoms with Gasteiger partial charge < -0.3 is 14.5 Å². The van der Waals surface area contributed by atoms with E-state index in [0.717, 1.165) is 43.9 Å². The molecule has 7 nitrogen and oxygen atoms in total. The third-order valence-corrected chi connectivity index (χ3v) is 5.95. The number of hydrogen-bond acceptors (Lipinski definition) is 6. The van der Waals surface area contributed by atoms with Crippen LogP contribution in [0.25, 0.3) is 0 Å². The SMILES string of the molecule is CCc1cc(N=C(NO)N2CCN(c3ccccc3SC)CC2)c(OC)nc1C. The summed E-state index contributed by atoms with van der Waals surface area (Å²) in [6.07, 6.45) is 2.96. The molecular formula is C21H29N5O2S. The molecule has 1 aromatic carbocycles. The monoisotopic (exact) mass is 415 g/mol. The fourth-order valence-electron chi connectivity index (χ4n) is 3.53. The zero-order valence-corrected chi connectivity index (χ0v) is 18.3. The molecule has 1 aliphatic rings. The van der Waals surface area contributed by atoms with E-state index >= 15 is 0 Å². The standard InChI is InChI=1S/C21H29N5O2S/c1-5-16-14-17(20(28-3)22-15(16)2)23-21(24-27)26-12-10-25(11-13-26)18-8-6-7-9-19(18)29-4/h6-9,14,27H,5,10-13H2,1-4H3,(H,23,24). The molecule has 0 atom stereocenters. The molecule has 3 rings (SSSR count). The molecule has 1 saturated heterocycles. The maximum absolute atomic E-state index is 9.75. The fourth-order valence-corrected chi connectivity index (χ4v) is 4.15. The van der Waals surface area contributed by atoms with E-state index in [1.807, 2.05) is 17.9 Å². The number of rotatable bonds is 5. The summed E-state index contributed by atoms with van der Waals surface area (Å²) in [5.41, 5.74) is 6.18. The van der Waals surface area contributed by atoms with E-state index in [0.29, 0.717) is 17.5 Å². The molecule has 1 aromatic heterocycles. The molecule has 2 heterocycles. The van der Waals surface area contributed by atoms with Gasteiger partial charge in [-0.15, -0.1) is 11.8 Å². The van der Waals surface area contributed by atoms with Crippen molar-refractivity contribution in [3.8, 4) is 5.88 Å². The third-order valence-electron chi connectivity index (χ3n) is 5.17. The van der Waals surface area contributed by atoms with Crippen LogP contribution in [-0.4, -0.2) is 60.6 Å². The van der Waals surface area contributed by atoms with Gasteiger partial charge in [-0.25, -0.2) is 15.5 Å². The molecule has 0 bridgehead atoms. The summed E-state index contributed by atoms with van der Waals surface area (Å²) in [5, 5.41) is 9.75. The highest BCUT2D eigenvalue weighted by atomic mass is 32.2. The lowest BCUT2D eigenvalue weighted by atomic mass is 10.1. The largest absolute Gasteiger partial charge is 0.479 e. The third kappa shape index (κ3) is 4.76. The van der Waals surface area contributed by atoms with Crippen molar-refractivity contribution in [2.24, 2.45) is 4.99 Å². The number of aromatic nitrogens is 1. The van der Waals surface area contributed by atoms with Crippen LogP contribution >= 0.6 is 11.8 Å². The van der Waals surface area contributed by atoms with Gasteiger partial charge in [0.2, 0.25) is 11.8 Å². The van der Waals surface area contributed by atoms with Crippen molar-refractivity contribution in [2.45, 2.75) is 25.2 Å². The molecule has 0 spiro atoms. The van der Waals surface area contributed by atoms with Crippen molar-refractivity contribution in [2.75, 3.05) is 44.4 Å². The molecule has 1 aliphatic heterocycles. The number of guanidine groups is 1. The van der Waals surface area contributed by atoms with Gasteiger partial charge >= 0.3 is 0 Å². The van der Waals surface area contributed by atoms with E-state index in [1.54, 1.807) is 18.9 Å². The van der Waals surface area contributed by atoms with Crippen LogP contribution in [-0.2, 0) is 6.42 Å². The summed E-state index contributed by atoms with van der Waals surface area (Å²) >= 11 is 1.76. The van der Waals surface area contributed by atoms with Crippen LogP contribution in [0.15, 0.2) is 40.2 Å². The second kappa shape index (κ2) is 9.84. The predicted molar refractivity (Wildman–Crippen MR) is 119 cm³/mol. The van der Waals surface area contributed by atoms with Crippen LogP contribution in [0, 0.1) is 6.92 Å². The summed E-state index contributed by atoms with van der Waals surface area (Å²) in [6, 6.07) is 10.4. The first-order valence-corrected chi connectivity index (χ1v) is 11.0. The van der Waals surface area contributed by atoms with Gasteiger partial charge in [0.25, 0.3) is 0 Å². The van der Waals surface area contributed by atoms with Crippen LogP contribution in [0.1, 0.15) is 18.2 Å². The zero-order chi connectivity index (χ0) is 20.8. The average molecular weight is 416 g/mol. The van der Waals surface area contributed by atoms with Crippen LogP contribution in [0.2, 0.25) is 0 Å². The molecule has 0 aliphatic carbocycles. The minimum Gasteiger partial charge on any atom is -0.479 e. The number of hydrogen-bond donors (Lipinski definition) is 2. The van der Waals surface area contributed by atoms with Crippen LogP contribution in [0.4, 0.5) is 11.4 Å². The number of pyridine rings is 1. The first-order chi connectivity index (χ1) is 14.1. The predicted octanol–water partition coefficient (Wildman–Crippen LogP) is 3.47. The maximum atomic E-state index is 9.75. The van der Waals surface area contributed by atoms with Crippen molar-refractivity contribution in [3.63, 3.8) is 0 Å². The number of methoxy groups -OCH3 is 1. The number of nitrogens with zero attached hydrogens (tertiary/aromatic N) is 4. The lowest BCUT2D eigenvalue weighted by molar-refractivity contribution is 0.207. The van der Waals surface area contributed by atoms with Gasteiger partial charge in [-0.2, -0.15) is 0 Å². The average Bonchev–Trinajstić information content (AvgIpc) is 2.78. The van der Waals surface area contributed by atoms with E-state index in [1.165, 1.54) is 10.6 Å². The number of piperazine rings is 1. The highest BCUT2D eigenvalue weighted by Gasteiger charge is 2.22. The molecule has 1 fully saturated rings. The summed E-state index contributed by atoms with van der Waals surface area (Å²) in [4.78, 5) is 14.8. The normalized spacial score (nSPS) is 14.9. The summed E-state index contributed by atoms with van der Waals surface area (Å²) in [6.45, 7) is 7.24. The number of aryl methyl sites for hydroxylation is 2. The van der Waals surface area contributed by atoms with Crippen LogP contribution in [0.5, 0.6) is 5.88 Å². The van der Waals surface area contributed by atoms with Gasteiger partial charge in [0.1, 0.15) is 5.69 Å². The van der Waals surface area contributed by atoms with Gasteiger partial charge in [-0.3, -0.25) is 5.21 Å². The highest BCUT2D eigenvalue weighted by Crippen LogP contribution is 2.30. The molecule has 2 aromatic rings.